The maximum Gasteiger partial charge on any atom is 0.317 e. The molecule has 0 bridgehead atoms. The largest absolute Gasteiger partial charge is 0.394 e. The number of hydrogen-bond donors (Lipinski definition) is 2. The van der Waals surface area contributed by atoms with Crippen molar-refractivity contribution in [3.8, 4) is 0 Å². The molecular weight excluding hydrogens is 172 g/mol. The molecule has 0 aliphatic carbocycles. The number of aliphatic hydroxyl groups excluding tert-OH is 1. The number of carbonyl (C=O) groups is 1. The van der Waals surface area contributed by atoms with Gasteiger partial charge in [0.2, 0.25) is 0 Å². The molecule has 1 saturated heterocycles. The van der Waals surface area contributed by atoms with Gasteiger partial charge in [-0.1, -0.05) is 0 Å². The van der Waals surface area contributed by atoms with Crippen molar-refractivity contribution in [2.75, 3.05) is 26.8 Å². The van der Waals surface area contributed by atoms with Gasteiger partial charge in [-0.05, 0) is 6.92 Å². The Morgan fingerprint density at radius 2 is 2.46 bits per heavy atom. The van der Waals surface area contributed by atoms with Crippen molar-refractivity contribution in [2.45, 2.75) is 19.1 Å². The van der Waals surface area contributed by atoms with E-state index in [0.717, 1.165) is 0 Å². The second kappa shape index (κ2) is 4.43. The molecular formula is C8H16N2O3. The van der Waals surface area contributed by atoms with Crippen molar-refractivity contribution >= 4 is 6.03 Å². The summed E-state index contributed by atoms with van der Waals surface area (Å²) in [6.45, 7) is 2.82. The summed E-state index contributed by atoms with van der Waals surface area (Å²) in [7, 11) is 1.60. The Kier molecular flexibility index (Phi) is 3.50. The second-order valence-corrected chi connectivity index (χ2v) is 3.19. The molecule has 5 nitrogen and oxygen atoms in total. The summed E-state index contributed by atoms with van der Waals surface area (Å²) in [5.74, 6) is 0. The van der Waals surface area contributed by atoms with Crippen LogP contribution >= 0.6 is 0 Å². The first-order valence-corrected chi connectivity index (χ1v) is 4.39. The summed E-state index contributed by atoms with van der Waals surface area (Å²) >= 11 is 0. The molecule has 0 aromatic heterocycles. The number of carbonyl (C=O) groups excluding carboxylic acids is 1. The van der Waals surface area contributed by atoms with E-state index in [4.69, 9.17) is 9.84 Å². The van der Waals surface area contributed by atoms with Crippen molar-refractivity contribution in [1.82, 2.24) is 10.2 Å². The number of nitrogens with zero attached hydrogens (tertiary/aromatic N) is 1. The van der Waals surface area contributed by atoms with Crippen LogP contribution in [-0.2, 0) is 4.74 Å². The molecule has 0 spiro atoms. The predicted octanol–water partition coefficient (Wildman–Crippen LogP) is -0.593. The lowest BCUT2D eigenvalue weighted by Crippen LogP contribution is -2.54. The zero-order chi connectivity index (χ0) is 9.84. The molecule has 1 rings (SSSR count). The standard InChI is InChI=1S/C8H16N2O3/c1-6-5-13-7(4-11)3-10(6)8(12)9-2/h6-7,11H,3-5H2,1-2H3,(H,9,12). The van der Waals surface area contributed by atoms with Crippen LogP contribution in [0.2, 0.25) is 0 Å². The van der Waals surface area contributed by atoms with Crippen molar-refractivity contribution in [3.05, 3.63) is 0 Å². The van der Waals surface area contributed by atoms with Gasteiger partial charge in [-0.15, -0.1) is 0 Å². The zero-order valence-electron chi connectivity index (χ0n) is 7.99. The molecule has 1 heterocycles. The molecule has 0 radical (unpaired) electrons. The fraction of sp³-hybridized carbons (Fsp3) is 0.875. The number of ether oxygens (including phenoxy) is 1. The molecule has 1 aliphatic rings. The van der Waals surface area contributed by atoms with Gasteiger partial charge in [0, 0.05) is 7.05 Å². The van der Waals surface area contributed by atoms with Crippen molar-refractivity contribution in [3.63, 3.8) is 0 Å². The number of rotatable bonds is 1. The molecule has 13 heavy (non-hydrogen) atoms. The van der Waals surface area contributed by atoms with Gasteiger partial charge in [-0.3, -0.25) is 0 Å². The van der Waals surface area contributed by atoms with E-state index < -0.39 is 0 Å². The number of hydrogen-bond acceptors (Lipinski definition) is 3. The fourth-order valence-corrected chi connectivity index (χ4v) is 1.35. The Bertz CT molecular complexity index is 186. The zero-order valence-corrected chi connectivity index (χ0v) is 7.99. The Labute approximate surface area is 77.7 Å². The minimum Gasteiger partial charge on any atom is -0.394 e. The van der Waals surface area contributed by atoms with E-state index in [2.05, 4.69) is 5.32 Å². The van der Waals surface area contributed by atoms with Crippen LogP contribution in [0.15, 0.2) is 0 Å². The highest BCUT2D eigenvalue weighted by molar-refractivity contribution is 5.74. The summed E-state index contributed by atoms with van der Waals surface area (Å²) in [6.07, 6.45) is -0.242. The van der Waals surface area contributed by atoms with Gasteiger partial charge >= 0.3 is 6.03 Å². The lowest BCUT2D eigenvalue weighted by molar-refractivity contribution is -0.0625. The van der Waals surface area contributed by atoms with Gasteiger partial charge in [-0.2, -0.15) is 0 Å². The van der Waals surface area contributed by atoms with Gasteiger partial charge in [0.1, 0.15) is 0 Å². The van der Waals surface area contributed by atoms with Gasteiger partial charge < -0.3 is 20.1 Å². The molecule has 0 saturated carbocycles. The molecule has 1 fully saturated rings. The molecule has 5 heteroatoms. The lowest BCUT2D eigenvalue weighted by Gasteiger charge is -2.36. The van der Waals surface area contributed by atoms with Crippen LogP contribution in [0.1, 0.15) is 6.92 Å². The van der Waals surface area contributed by atoms with E-state index in [1.165, 1.54) is 0 Å². The van der Waals surface area contributed by atoms with Crippen molar-refractivity contribution in [2.24, 2.45) is 0 Å². The Morgan fingerprint density at radius 1 is 1.77 bits per heavy atom. The van der Waals surface area contributed by atoms with E-state index in [1.807, 2.05) is 6.92 Å². The molecule has 76 valence electrons. The first kappa shape index (κ1) is 10.3. The van der Waals surface area contributed by atoms with Crippen LogP contribution in [0.5, 0.6) is 0 Å². The lowest BCUT2D eigenvalue weighted by atomic mass is 10.2. The van der Waals surface area contributed by atoms with Crippen LogP contribution in [0, 0.1) is 0 Å². The quantitative estimate of drug-likeness (QED) is 0.578. The maximum atomic E-state index is 11.3. The highest BCUT2D eigenvalue weighted by atomic mass is 16.5. The average molecular weight is 188 g/mol. The van der Waals surface area contributed by atoms with E-state index in [-0.39, 0.29) is 24.8 Å². The van der Waals surface area contributed by atoms with Crippen LogP contribution in [-0.4, -0.2) is 55.0 Å². The van der Waals surface area contributed by atoms with Crippen LogP contribution in [0.3, 0.4) is 0 Å². The summed E-state index contributed by atoms with van der Waals surface area (Å²) in [5, 5.41) is 11.4. The van der Waals surface area contributed by atoms with Gasteiger partial charge in [0.15, 0.2) is 0 Å². The van der Waals surface area contributed by atoms with Gasteiger partial charge in [-0.25, -0.2) is 4.79 Å². The van der Waals surface area contributed by atoms with E-state index >= 15 is 0 Å². The van der Waals surface area contributed by atoms with Crippen LogP contribution in [0.25, 0.3) is 0 Å². The van der Waals surface area contributed by atoms with E-state index in [1.54, 1.807) is 11.9 Å². The molecule has 0 aromatic carbocycles. The van der Waals surface area contributed by atoms with Crippen molar-refractivity contribution < 1.29 is 14.6 Å². The highest BCUT2D eigenvalue weighted by Crippen LogP contribution is 2.10. The third-order valence-electron chi connectivity index (χ3n) is 2.18. The topological polar surface area (TPSA) is 61.8 Å². The molecule has 0 aromatic rings. The first-order valence-electron chi connectivity index (χ1n) is 4.39. The number of amides is 2. The third-order valence-corrected chi connectivity index (χ3v) is 2.18. The Balaban J connectivity index is 2.54. The van der Waals surface area contributed by atoms with Gasteiger partial charge in [0.25, 0.3) is 0 Å². The SMILES string of the molecule is CNC(=O)N1CC(CO)OCC1C. The number of aliphatic hydroxyl groups is 1. The summed E-state index contributed by atoms with van der Waals surface area (Å²) in [6, 6.07) is -0.0444. The number of nitrogens with one attached hydrogen (secondary N) is 1. The monoisotopic (exact) mass is 188 g/mol. The van der Waals surface area contributed by atoms with E-state index in [0.29, 0.717) is 13.2 Å². The maximum absolute atomic E-state index is 11.3. The highest BCUT2D eigenvalue weighted by Gasteiger charge is 2.28. The third kappa shape index (κ3) is 2.32. The number of morpholine rings is 1. The second-order valence-electron chi connectivity index (χ2n) is 3.19. The Hall–Kier alpha value is -0.810. The molecule has 2 amide bonds. The molecule has 2 unspecified atom stereocenters. The minimum absolute atomic E-state index is 0.0415. The summed E-state index contributed by atoms with van der Waals surface area (Å²) in [4.78, 5) is 13.0. The number of urea groups is 1. The fourth-order valence-electron chi connectivity index (χ4n) is 1.35. The first-order chi connectivity index (χ1) is 6.19. The predicted molar refractivity (Wildman–Crippen MR) is 47.4 cm³/mol. The minimum atomic E-state index is -0.242. The van der Waals surface area contributed by atoms with E-state index in [9.17, 15) is 4.79 Å². The van der Waals surface area contributed by atoms with Crippen LogP contribution < -0.4 is 5.32 Å². The van der Waals surface area contributed by atoms with Crippen molar-refractivity contribution in [1.29, 1.82) is 0 Å². The summed E-state index contributed by atoms with van der Waals surface area (Å²) in [5.41, 5.74) is 0. The van der Waals surface area contributed by atoms with Crippen LogP contribution in [0.4, 0.5) is 4.79 Å². The molecule has 2 N–H and O–H groups in total. The molecule has 1 aliphatic heterocycles. The summed E-state index contributed by atoms with van der Waals surface area (Å²) < 4.78 is 5.29. The smallest absolute Gasteiger partial charge is 0.317 e. The molecule has 2 atom stereocenters. The average Bonchev–Trinajstić information content (AvgIpc) is 2.17. The normalized spacial score (nSPS) is 28.7. The van der Waals surface area contributed by atoms with Gasteiger partial charge in [0.05, 0.1) is 31.9 Å². The Morgan fingerprint density at radius 3 is 3.00 bits per heavy atom.